The molecule has 0 unspecified atom stereocenters. The van der Waals surface area contributed by atoms with Crippen LogP contribution in [0.15, 0.2) is 18.5 Å². The van der Waals surface area contributed by atoms with E-state index in [0.29, 0.717) is 0 Å². The minimum absolute atomic E-state index is 0.862. The van der Waals surface area contributed by atoms with Crippen molar-refractivity contribution in [3.8, 4) is 0 Å². The largest absolute Gasteiger partial charge is 0.367 e. The Morgan fingerprint density at radius 1 is 1.57 bits per heavy atom. The van der Waals surface area contributed by atoms with Gasteiger partial charge in [0.2, 0.25) is 5.13 Å². The van der Waals surface area contributed by atoms with Crippen LogP contribution in [0.25, 0.3) is 0 Å². The Labute approximate surface area is 85.9 Å². The molecule has 0 aromatic carbocycles. The fourth-order valence-corrected chi connectivity index (χ4v) is 1.63. The summed E-state index contributed by atoms with van der Waals surface area (Å²) in [4.78, 5) is 5.09. The minimum Gasteiger partial charge on any atom is -0.367 e. The van der Waals surface area contributed by atoms with Crippen molar-refractivity contribution >= 4 is 16.7 Å². The zero-order valence-corrected chi connectivity index (χ0v) is 8.66. The lowest BCUT2D eigenvalue weighted by atomic mass is 10.2. The Morgan fingerprint density at radius 2 is 2.50 bits per heavy atom. The highest BCUT2D eigenvalue weighted by atomic mass is 32.1. The van der Waals surface area contributed by atoms with E-state index in [9.17, 15) is 0 Å². The van der Waals surface area contributed by atoms with Gasteiger partial charge in [-0.25, -0.2) is 0 Å². The summed E-state index contributed by atoms with van der Waals surface area (Å²) in [5.41, 5.74) is 1.30. The van der Waals surface area contributed by atoms with Gasteiger partial charge in [-0.05, 0) is 23.3 Å². The van der Waals surface area contributed by atoms with Crippen LogP contribution in [0.1, 0.15) is 5.56 Å². The van der Waals surface area contributed by atoms with E-state index in [0.717, 1.165) is 18.1 Å². The smallest absolute Gasteiger partial charge is 0.227 e. The standard InChI is InChI=1S/C8H11N5S/c1-13(8-10-11-12-14-8)5-3-7-2-4-9-6-7/h2,4,6,9H,3,5H2,1H3. The molecule has 0 bridgehead atoms. The molecule has 0 aliphatic rings. The Bertz CT molecular complexity index is 355. The van der Waals surface area contributed by atoms with E-state index in [1.807, 2.05) is 19.4 Å². The minimum atomic E-state index is 0.862. The molecule has 2 aromatic rings. The summed E-state index contributed by atoms with van der Waals surface area (Å²) < 4.78 is 3.72. The molecule has 0 aliphatic heterocycles. The van der Waals surface area contributed by atoms with E-state index in [1.165, 1.54) is 17.1 Å². The molecule has 0 atom stereocenters. The molecule has 2 heterocycles. The van der Waals surface area contributed by atoms with E-state index >= 15 is 0 Å². The van der Waals surface area contributed by atoms with Crippen molar-refractivity contribution in [2.45, 2.75) is 6.42 Å². The van der Waals surface area contributed by atoms with E-state index in [2.05, 4.69) is 30.8 Å². The Morgan fingerprint density at radius 3 is 3.14 bits per heavy atom. The molecule has 6 heteroatoms. The summed E-state index contributed by atoms with van der Waals surface area (Å²) in [6.45, 7) is 0.925. The third-order valence-electron chi connectivity index (χ3n) is 2.01. The van der Waals surface area contributed by atoms with Gasteiger partial charge in [-0.2, -0.15) is 0 Å². The molecule has 0 aliphatic carbocycles. The van der Waals surface area contributed by atoms with Crippen molar-refractivity contribution in [3.05, 3.63) is 24.0 Å². The van der Waals surface area contributed by atoms with Gasteiger partial charge in [0.25, 0.3) is 0 Å². The fraction of sp³-hybridized carbons (Fsp3) is 0.375. The normalized spacial score (nSPS) is 10.4. The highest BCUT2D eigenvalue weighted by molar-refractivity contribution is 7.09. The maximum Gasteiger partial charge on any atom is 0.227 e. The molecule has 2 rings (SSSR count). The summed E-state index contributed by atoms with van der Waals surface area (Å²) in [5, 5.41) is 8.31. The number of nitrogens with one attached hydrogen (secondary N) is 1. The summed E-state index contributed by atoms with van der Waals surface area (Å²) in [6, 6.07) is 2.08. The highest BCUT2D eigenvalue weighted by Gasteiger charge is 2.04. The third-order valence-corrected chi connectivity index (χ3v) is 2.73. The van der Waals surface area contributed by atoms with Crippen LogP contribution in [0.4, 0.5) is 5.13 Å². The average Bonchev–Trinajstić information content (AvgIpc) is 2.87. The molecule has 1 N–H and O–H groups in total. The maximum atomic E-state index is 3.89. The second kappa shape index (κ2) is 4.19. The first kappa shape index (κ1) is 9.14. The maximum absolute atomic E-state index is 3.89. The van der Waals surface area contributed by atoms with E-state index < -0.39 is 0 Å². The van der Waals surface area contributed by atoms with Gasteiger partial charge in [0.05, 0.1) is 0 Å². The zero-order valence-electron chi connectivity index (χ0n) is 7.84. The second-order valence-electron chi connectivity index (χ2n) is 3.04. The predicted molar refractivity (Wildman–Crippen MR) is 55.5 cm³/mol. The number of H-pyrrole nitrogens is 1. The van der Waals surface area contributed by atoms with Gasteiger partial charge in [-0.15, -0.1) is 0 Å². The van der Waals surface area contributed by atoms with E-state index in [-0.39, 0.29) is 0 Å². The third kappa shape index (κ3) is 2.08. The second-order valence-corrected chi connectivity index (χ2v) is 3.75. The molecule has 14 heavy (non-hydrogen) atoms. The first-order valence-corrected chi connectivity index (χ1v) is 5.11. The van der Waals surface area contributed by atoms with Crippen LogP contribution in [-0.2, 0) is 6.42 Å². The summed E-state index contributed by atoms with van der Waals surface area (Å²) in [7, 11) is 1.99. The molecule has 0 amide bonds. The molecule has 0 radical (unpaired) electrons. The van der Waals surface area contributed by atoms with Crippen LogP contribution in [0.3, 0.4) is 0 Å². The van der Waals surface area contributed by atoms with Crippen LogP contribution in [0, 0.1) is 0 Å². The number of hydrogen-bond acceptors (Lipinski definition) is 5. The van der Waals surface area contributed by atoms with Gasteiger partial charge in [-0.3, -0.25) is 0 Å². The van der Waals surface area contributed by atoms with Gasteiger partial charge >= 0.3 is 0 Å². The quantitative estimate of drug-likeness (QED) is 0.814. The number of anilines is 1. The molecule has 74 valence electrons. The molecule has 2 aromatic heterocycles. The molecular formula is C8H11N5S. The molecule has 0 saturated heterocycles. The number of rotatable bonds is 4. The highest BCUT2D eigenvalue weighted by Crippen LogP contribution is 2.11. The Balaban J connectivity index is 1.87. The first-order valence-electron chi connectivity index (χ1n) is 4.34. The monoisotopic (exact) mass is 209 g/mol. The van der Waals surface area contributed by atoms with Crippen LogP contribution >= 0.6 is 11.5 Å². The Kier molecular flexibility index (Phi) is 2.73. The molecule has 0 saturated carbocycles. The fourth-order valence-electron chi connectivity index (χ4n) is 1.18. The van der Waals surface area contributed by atoms with E-state index in [1.54, 1.807) is 0 Å². The number of aromatic amines is 1. The van der Waals surface area contributed by atoms with Gasteiger partial charge < -0.3 is 9.88 Å². The number of aromatic nitrogens is 4. The van der Waals surface area contributed by atoms with Crippen molar-refractivity contribution in [2.75, 3.05) is 18.5 Å². The molecular weight excluding hydrogens is 198 g/mol. The first-order chi connectivity index (χ1) is 6.86. The van der Waals surface area contributed by atoms with Gasteiger partial charge in [0.1, 0.15) is 0 Å². The number of nitrogens with zero attached hydrogens (tertiary/aromatic N) is 4. The van der Waals surface area contributed by atoms with Crippen molar-refractivity contribution in [1.29, 1.82) is 0 Å². The van der Waals surface area contributed by atoms with Crippen molar-refractivity contribution in [1.82, 2.24) is 19.8 Å². The van der Waals surface area contributed by atoms with Crippen LogP contribution in [-0.4, -0.2) is 33.4 Å². The molecule has 5 nitrogen and oxygen atoms in total. The Hall–Kier alpha value is -1.43. The topological polar surface area (TPSA) is 57.7 Å². The zero-order chi connectivity index (χ0) is 9.80. The lowest BCUT2D eigenvalue weighted by molar-refractivity contribution is 0.849. The summed E-state index contributed by atoms with van der Waals surface area (Å²) in [5.74, 6) is 0. The van der Waals surface area contributed by atoms with Crippen LogP contribution in [0.2, 0.25) is 0 Å². The molecule has 0 spiro atoms. The van der Waals surface area contributed by atoms with E-state index in [4.69, 9.17) is 0 Å². The van der Waals surface area contributed by atoms with Crippen molar-refractivity contribution < 1.29 is 0 Å². The molecule has 0 fully saturated rings. The van der Waals surface area contributed by atoms with Crippen LogP contribution < -0.4 is 4.90 Å². The van der Waals surface area contributed by atoms with Gasteiger partial charge in [0.15, 0.2) is 0 Å². The SMILES string of the molecule is CN(CCc1cc[nH]c1)c1nnns1. The average molecular weight is 209 g/mol. The summed E-state index contributed by atoms with van der Waals surface area (Å²) in [6.07, 6.45) is 4.94. The van der Waals surface area contributed by atoms with Crippen molar-refractivity contribution in [3.63, 3.8) is 0 Å². The van der Waals surface area contributed by atoms with Crippen molar-refractivity contribution in [2.24, 2.45) is 0 Å². The lowest BCUT2D eigenvalue weighted by Crippen LogP contribution is -2.19. The lowest BCUT2D eigenvalue weighted by Gasteiger charge is -2.12. The van der Waals surface area contributed by atoms with Gasteiger partial charge in [-0.1, -0.05) is 9.59 Å². The predicted octanol–water partition coefficient (Wildman–Crippen LogP) is 0.940. The van der Waals surface area contributed by atoms with Crippen LogP contribution in [0.5, 0.6) is 0 Å². The van der Waals surface area contributed by atoms with Gasteiger partial charge in [0, 0.05) is 37.5 Å². The number of likely N-dealkylation sites (N-methyl/N-ethyl adjacent to an activating group) is 1. The number of hydrogen-bond donors (Lipinski definition) is 1. The summed E-state index contributed by atoms with van der Waals surface area (Å²) >= 11 is 1.31.